The van der Waals surface area contributed by atoms with Crippen LogP contribution in [0.15, 0.2) is 36.4 Å². The Morgan fingerprint density at radius 3 is 2.89 bits per heavy atom. The standard InChI is InChI=1S/C15H18NO2S/c1-11(2)15(17)18-10-6-9-16-12(3)19-14-8-5-4-7-13(14)16/h4-5,7-8H,1,6,9-10H2,2-3H3/q+1. The van der Waals surface area contributed by atoms with Crippen molar-refractivity contribution in [2.24, 2.45) is 0 Å². The third-order valence-corrected chi connectivity index (χ3v) is 3.98. The van der Waals surface area contributed by atoms with Gasteiger partial charge in [-0.3, -0.25) is 0 Å². The van der Waals surface area contributed by atoms with Gasteiger partial charge in [-0.25, -0.2) is 4.79 Å². The minimum absolute atomic E-state index is 0.308. The number of aryl methyl sites for hydroxylation is 2. The Bertz CT molecular complexity index is 616. The highest BCUT2D eigenvalue weighted by molar-refractivity contribution is 7.18. The van der Waals surface area contributed by atoms with E-state index >= 15 is 0 Å². The average Bonchev–Trinajstić information content (AvgIpc) is 2.70. The molecule has 100 valence electrons. The molecule has 0 aliphatic carbocycles. The Morgan fingerprint density at radius 2 is 2.16 bits per heavy atom. The molecule has 0 bridgehead atoms. The third kappa shape index (κ3) is 3.20. The molecular formula is C15H18NO2S+. The number of fused-ring (bicyclic) bond motifs is 1. The summed E-state index contributed by atoms with van der Waals surface area (Å²) in [4.78, 5) is 11.3. The van der Waals surface area contributed by atoms with Crippen molar-refractivity contribution in [1.29, 1.82) is 0 Å². The molecule has 2 rings (SSSR count). The largest absolute Gasteiger partial charge is 0.462 e. The minimum atomic E-state index is -0.308. The van der Waals surface area contributed by atoms with Crippen LogP contribution in [-0.4, -0.2) is 12.6 Å². The van der Waals surface area contributed by atoms with Crippen LogP contribution in [0.4, 0.5) is 0 Å². The maximum Gasteiger partial charge on any atom is 0.333 e. The number of para-hydroxylation sites is 1. The zero-order valence-electron chi connectivity index (χ0n) is 11.3. The van der Waals surface area contributed by atoms with E-state index in [1.54, 1.807) is 18.3 Å². The molecule has 0 N–H and O–H groups in total. The van der Waals surface area contributed by atoms with E-state index in [-0.39, 0.29) is 5.97 Å². The molecule has 0 saturated carbocycles. The lowest BCUT2D eigenvalue weighted by Crippen LogP contribution is -2.35. The van der Waals surface area contributed by atoms with Gasteiger partial charge in [-0.1, -0.05) is 30.0 Å². The van der Waals surface area contributed by atoms with Crippen molar-refractivity contribution in [3.63, 3.8) is 0 Å². The van der Waals surface area contributed by atoms with Crippen molar-refractivity contribution in [1.82, 2.24) is 0 Å². The number of thiazole rings is 1. The van der Waals surface area contributed by atoms with Crippen molar-refractivity contribution >= 4 is 27.5 Å². The van der Waals surface area contributed by atoms with Gasteiger partial charge in [0.2, 0.25) is 10.5 Å². The van der Waals surface area contributed by atoms with Gasteiger partial charge in [0.1, 0.15) is 4.70 Å². The number of carbonyl (C=O) groups excluding carboxylic acids is 1. The molecule has 2 aromatic rings. The summed E-state index contributed by atoms with van der Waals surface area (Å²) < 4.78 is 8.67. The molecule has 0 aliphatic heterocycles. The summed E-state index contributed by atoms with van der Waals surface area (Å²) >= 11 is 1.79. The maximum atomic E-state index is 11.3. The first kappa shape index (κ1) is 13.7. The highest BCUT2D eigenvalue weighted by Crippen LogP contribution is 2.19. The summed E-state index contributed by atoms with van der Waals surface area (Å²) in [6.45, 7) is 8.63. The molecule has 0 amide bonds. The van der Waals surface area contributed by atoms with Crippen molar-refractivity contribution in [2.45, 2.75) is 26.8 Å². The third-order valence-electron chi connectivity index (χ3n) is 2.90. The minimum Gasteiger partial charge on any atom is -0.462 e. The first-order valence-electron chi connectivity index (χ1n) is 6.30. The molecule has 0 unspecified atom stereocenters. The SMILES string of the molecule is C=C(C)C(=O)OCCC[n+]1c(C)sc2ccccc21. The van der Waals surface area contributed by atoms with E-state index in [0.717, 1.165) is 13.0 Å². The van der Waals surface area contributed by atoms with Gasteiger partial charge in [0.05, 0.1) is 6.61 Å². The quantitative estimate of drug-likeness (QED) is 0.364. The highest BCUT2D eigenvalue weighted by atomic mass is 32.1. The van der Waals surface area contributed by atoms with Crippen LogP contribution in [0.25, 0.3) is 10.2 Å². The van der Waals surface area contributed by atoms with Gasteiger partial charge in [-0.2, -0.15) is 4.57 Å². The van der Waals surface area contributed by atoms with Crippen LogP contribution < -0.4 is 4.57 Å². The lowest BCUT2D eigenvalue weighted by molar-refractivity contribution is -0.673. The van der Waals surface area contributed by atoms with E-state index in [0.29, 0.717) is 12.2 Å². The van der Waals surface area contributed by atoms with E-state index < -0.39 is 0 Å². The second-order valence-corrected chi connectivity index (χ2v) is 5.75. The lowest BCUT2D eigenvalue weighted by atomic mass is 10.3. The van der Waals surface area contributed by atoms with Gasteiger partial charge in [-0.05, 0) is 13.0 Å². The first-order valence-corrected chi connectivity index (χ1v) is 7.12. The summed E-state index contributed by atoms with van der Waals surface area (Å²) in [6.07, 6.45) is 0.811. The molecule has 1 aromatic heterocycles. The Labute approximate surface area is 117 Å². The van der Waals surface area contributed by atoms with Gasteiger partial charge >= 0.3 is 5.97 Å². The second kappa shape index (κ2) is 5.97. The predicted molar refractivity (Wildman–Crippen MR) is 77.1 cm³/mol. The normalized spacial score (nSPS) is 10.6. The molecule has 0 atom stereocenters. The van der Waals surface area contributed by atoms with E-state index in [1.165, 1.54) is 15.2 Å². The second-order valence-electron chi connectivity index (χ2n) is 4.51. The molecule has 0 aliphatic rings. The van der Waals surface area contributed by atoms with Gasteiger partial charge in [-0.15, -0.1) is 0 Å². The van der Waals surface area contributed by atoms with Crippen LogP contribution in [0.5, 0.6) is 0 Å². The summed E-state index contributed by atoms with van der Waals surface area (Å²) in [7, 11) is 0. The molecule has 0 radical (unpaired) electrons. The summed E-state index contributed by atoms with van der Waals surface area (Å²) in [5.41, 5.74) is 1.70. The van der Waals surface area contributed by atoms with Crippen molar-refractivity contribution < 1.29 is 14.1 Å². The van der Waals surface area contributed by atoms with Crippen LogP contribution >= 0.6 is 11.3 Å². The molecule has 19 heavy (non-hydrogen) atoms. The Balaban J connectivity index is 1.97. The smallest absolute Gasteiger partial charge is 0.333 e. The van der Waals surface area contributed by atoms with Gasteiger partial charge < -0.3 is 4.74 Å². The van der Waals surface area contributed by atoms with Crippen LogP contribution in [0.1, 0.15) is 18.4 Å². The maximum absolute atomic E-state index is 11.3. The molecule has 1 heterocycles. The summed E-state index contributed by atoms with van der Waals surface area (Å²) in [6, 6.07) is 8.35. The van der Waals surface area contributed by atoms with E-state index in [2.05, 4.69) is 36.3 Å². The van der Waals surface area contributed by atoms with Crippen molar-refractivity contribution in [3.05, 3.63) is 41.4 Å². The zero-order valence-corrected chi connectivity index (χ0v) is 12.1. The fraction of sp³-hybridized carbons (Fsp3) is 0.333. The number of ether oxygens (including phenoxy) is 1. The number of esters is 1. The van der Waals surface area contributed by atoms with Gasteiger partial charge in [0.25, 0.3) is 0 Å². The fourth-order valence-electron chi connectivity index (χ4n) is 1.94. The topological polar surface area (TPSA) is 30.2 Å². The lowest BCUT2D eigenvalue weighted by Gasteiger charge is -2.02. The number of nitrogens with zero attached hydrogens (tertiary/aromatic N) is 1. The predicted octanol–water partition coefficient (Wildman–Crippen LogP) is 3.01. The van der Waals surface area contributed by atoms with Gasteiger partial charge in [0, 0.05) is 25.0 Å². The molecular weight excluding hydrogens is 258 g/mol. The highest BCUT2D eigenvalue weighted by Gasteiger charge is 2.16. The molecule has 4 heteroatoms. The Hall–Kier alpha value is -1.68. The monoisotopic (exact) mass is 276 g/mol. The van der Waals surface area contributed by atoms with Crippen molar-refractivity contribution in [3.8, 4) is 0 Å². The number of carbonyl (C=O) groups is 1. The number of hydrogen-bond acceptors (Lipinski definition) is 3. The summed E-state index contributed by atoms with van der Waals surface area (Å²) in [5.74, 6) is -0.308. The van der Waals surface area contributed by atoms with E-state index in [1.807, 2.05) is 6.07 Å². The van der Waals surface area contributed by atoms with E-state index in [4.69, 9.17) is 4.74 Å². The van der Waals surface area contributed by atoms with Crippen molar-refractivity contribution in [2.75, 3.05) is 6.61 Å². The van der Waals surface area contributed by atoms with Gasteiger partial charge in [0.15, 0.2) is 6.54 Å². The fourth-order valence-corrected chi connectivity index (χ4v) is 2.99. The van der Waals surface area contributed by atoms with Crippen LogP contribution in [-0.2, 0) is 16.1 Å². The molecule has 1 aromatic carbocycles. The van der Waals surface area contributed by atoms with E-state index in [9.17, 15) is 4.79 Å². The number of hydrogen-bond donors (Lipinski definition) is 0. The first-order chi connectivity index (χ1) is 9.09. The van der Waals surface area contributed by atoms with Crippen LogP contribution in [0.2, 0.25) is 0 Å². The summed E-state index contributed by atoms with van der Waals surface area (Å²) in [5, 5.41) is 1.27. The Morgan fingerprint density at radius 1 is 1.42 bits per heavy atom. The Kier molecular flexibility index (Phi) is 4.32. The van der Waals surface area contributed by atoms with Crippen LogP contribution in [0, 0.1) is 6.92 Å². The molecule has 3 nitrogen and oxygen atoms in total. The molecule has 0 saturated heterocycles. The molecule has 0 spiro atoms. The van der Waals surface area contributed by atoms with Crippen LogP contribution in [0.3, 0.4) is 0 Å². The number of rotatable bonds is 5. The zero-order chi connectivity index (χ0) is 13.8. The number of benzene rings is 1. The molecule has 0 fully saturated rings. The average molecular weight is 276 g/mol. The number of aromatic nitrogens is 1.